The smallest absolute Gasteiger partial charge is 0.407 e. The normalized spacial score (nSPS) is 30.6. The molecule has 0 saturated carbocycles. The Balaban J connectivity index is 1.57. The van der Waals surface area contributed by atoms with Gasteiger partial charge in [0.15, 0.2) is 6.29 Å². The van der Waals surface area contributed by atoms with Crippen LogP contribution in [0.4, 0.5) is 4.79 Å². The van der Waals surface area contributed by atoms with Crippen molar-refractivity contribution in [3.8, 4) is 0 Å². The van der Waals surface area contributed by atoms with Crippen LogP contribution in [0.1, 0.15) is 45.7 Å². The Labute approximate surface area is 296 Å². The average molecular weight is 730 g/mol. The van der Waals surface area contributed by atoms with Gasteiger partial charge in [0, 0.05) is 24.7 Å². The molecule has 0 aromatic heterocycles. The van der Waals surface area contributed by atoms with Crippen LogP contribution < -0.4 is 5.32 Å². The molecule has 2 saturated heterocycles. The van der Waals surface area contributed by atoms with E-state index < -0.39 is 58.5 Å². The quantitative estimate of drug-likeness (QED) is 0.114. The van der Waals surface area contributed by atoms with Gasteiger partial charge in [-0.05, 0) is 18.1 Å². The topological polar surface area (TPSA) is 135 Å². The molecule has 4 rings (SSSR count). The van der Waals surface area contributed by atoms with Crippen LogP contribution >= 0.6 is 34.8 Å². The maximum atomic E-state index is 13.1. The van der Waals surface area contributed by atoms with Crippen molar-refractivity contribution in [2.24, 2.45) is 17.8 Å². The number of carbonyl (C=O) groups is 2. The molecule has 0 radical (unpaired) electrons. The summed E-state index contributed by atoms with van der Waals surface area (Å²) in [5, 5.41) is 11.0. The van der Waals surface area contributed by atoms with Crippen molar-refractivity contribution in [3.05, 3.63) is 71.8 Å². The van der Waals surface area contributed by atoms with E-state index in [1.165, 1.54) is 6.92 Å². The minimum atomic E-state index is -2.21. The van der Waals surface area contributed by atoms with Gasteiger partial charge in [-0.25, -0.2) is 4.79 Å². The summed E-state index contributed by atoms with van der Waals surface area (Å²) in [6.45, 7) is 9.30. The summed E-state index contributed by atoms with van der Waals surface area (Å²) in [6, 6.07) is 18.1. The standard InChI is InChI=1S/C34H43Cl3N2O9/c1-19-22(4)45-30(21(3)28(19)43-16-24-12-8-6-9-13-24)47-29-20(2)27(39-33(41)44-17-25-14-10-7-11-15-25)31(48-32(38)34(35,36)37)46-26(29)18-42-23(5)40/h6-15,19-22,26-31,38H,16-18H2,1-5H3,(H,39,41)/t19-,20-,21?,22?,26?,27?,28-,29+,30+,31?/m1/s1. The van der Waals surface area contributed by atoms with Crippen LogP contribution in [0.25, 0.3) is 0 Å². The highest BCUT2D eigenvalue weighted by molar-refractivity contribution is 6.76. The molecule has 2 fully saturated rings. The largest absolute Gasteiger partial charge is 0.463 e. The third-order valence-electron chi connectivity index (χ3n) is 8.62. The molecule has 0 aliphatic carbocycles. The zero-order valence-electron chi connectivity index (χ0n) is 27.5. The van der Waals surface area contributed by atoms with E-state index in [-0.39, 0.29) is 37.3 Å². The molecule has 5 unspecified atom stereocenters. The van der Waals surface area contributed by atoms with Crippen molar-refractivity contribution in [2.45, 2.75) is 94.7 Å². The Morgan fingerprint density at radius 1 is 0.812 bits per heavy atom. The van der Waals surface area contributed by atoms with Crippen molar-refractivity contribution in [1.82, 2.24) is 5.32 Å². The van der Waals surface area contributed by atoms with Gasteiger partial charge in [-0.2, -0.15) is 0 Å². The van der Waals surface area contributed by atoms with Crippen molar-refractivity contribution in [1.29, 1.82) is 5.41 Å². The summed E-state index contributed by atoms with van der Waals surface area (Å²) in [4.78, 5) is 25.0. The molecule has 48 heavy (non-hydrogen) atoms. The second kappa shape index (κ2) is 17.3. The summed E-state index contributed by atoms with van der Waals surface area (Å²) in [6.07, 6.45) is -5.05. The van der Waals surface area contributed by atoms with Gasteiger partial charge in [-0.1, -0.05) is 116 Å². The predicted molar refractivity (Wildman–Crippen MR) is 180 cm³/mol. The summed E-state index contributed by atoms with van der Waals surface area (Å²) < 4.78 is 39.9. The molecule has 10 atom stereocenters. The van der Waals surface area contributed by atoms with Crippen LogP contribution in [-0.4, -0.2) is 71.4 Å². The van der Waals surface area contributed by atoms with Crippen LogP contribution in [0.2, 0.25) is 0 Å². The van der Waals surface area contributed by atoms with Gasteiger partial charge < -0.3 is 38.5 Å². The third kappa shape index (κ3) is 10.4. The van der Waals surface area contributed by atoms with Gasteiger partial charge in [-0.15, -0.1) is 0 Å². The van der Waals surface area contributed by atoms with E-state index in [4.69, 9.17) is 73.4 Å². The van der Waals surface area contributed by atoms with E-state index in [0.29, 0.717) is 6.61 Å². The number of rotatable bonds is 11. The highest BCUT2D eigenvalue weighted by atomic mass is 35.6. The number of hydrogen-bond donors (Lipinski definition) is 2. The fourth-order valence-corrected chi connectivity index (χ4v) is 5.93. The van der Waals surface area contributed by atoms with Crippen LogP contribution in [-0.2, 0) is 51.2 Å². The molecule has 2 heterocycles. The third-order valence-corrected chi connectivity index (χ3v) is 9.14. The minimum absolute atomic E-state index is 0.00695. The van der Waals surface area contributed by atoms with E-state index in [2.05, 4.69) is 12.2 Å². The average Bonchev–Trinajstić information content (AvgIpc) is 3.05. The summed E-state index contributed by atoms with van der Waals surface area (Å²) in [5.74, 6) is -2.04. The fraction of sp³-hybridized carbons (Fsp3) is 0.559. The molecule has 0 spiro atoms. The lowest BCUT2D eigenvalue weighted by atomic mass is 9.85. The lowest BCUT2D eigenvalue weighted by Crippen LogP contribution is -2.64. The molecule has 2 aliphatic heterocycles. The monoisotopic (exact) mass is 728 g/mol. The number of amides is 1. The second-order valence-electron chi connectivity index (χ2n) is 12.2. The van der Waals surface area contributed by atoms with Crippen LogP contribution in [0.5, 0.6) is 0 Å². The Bertz CT molecular complexity index is 1350. The molecule has 2 N–H and O–H groups in total. The summed E-state index contributed by atoms with van der Waals surface area (Å²) in [5.41, 5.74) is 1.83. The lowest BCUT2D eigenvalue weighted by Gasteiger charge is -2.49. The maximum absolute atomic E-state index is 13.1. The molecule has 1 amide bonds. The number of halogens is 3. The number of alkyl carbamates (subject to hydrolysis) is 1. The summed E-state index contributed by atoms with van der Waals surface area (Å²) in [7, 11) is 0. The molecule has 14 heteroatoms. The van der Waals surface area contributed by atoms with Gasteiger partial charge in [0.2, 0.25) is 12.2 Å². The molecule has 264 valence electrons. The van der Waals surface area contributed by atoms with Crippen LogP contribution in [0.15, 0.2) is 60.7 Å². The van der Waals surface area contributed by atoms with Crippen molar-refractivity contribution in [3.63, 3.8) is 0 Å². The van der Waals surface area contributed by atoms with E-state index in [1.807, 2.05) is 74.5 Å². The number of hydrogen-bond acceptors (Lipinski definition) is 10. The van der Waals surface area contributed by atoms with Crippen molar-refractivity contribution < 1.29 is 42.7 Å². The van der Waals surface area contributed by atoms with Crippen molar-refractivity contribution >= 4 is 52.8 Å². The first-order valence-electron chi connectivity index (χ1n) is 15.8. The maximum Gasteiger partial charge on any atom is 0.407 e. The van der Waals surface area contributed by atoms with Crippen LogP contribution in [0.3, 0.4) is 0 Å². The first-order chi connectivity index (χ1) is 22.7. The molecule has 2 aromatic carbocycles. The number of benzene rings is 2. The van der Waals surface area contributed by atoms with Gasteiger partial charge in [0.25, 0.3) is 3.79 Å². The van der Waals surface area contributed by atoms with Gasteiger partial charge in [0.05, 0.1) is 31.0 Å². The number of nitrogens with one attached hydrogen (secondary N) is 2. The fourth-order valence-electron chi connectivity index (χ4n) is 5.80. The second-order valence-corrected chi connectivity index (χ2v) is 14.5. The first-order valence-corrected chi connectivity index (χ1v) is 16.9. The molecular formula is C34H43Cl3N2O9. The molecule has 0 bridgehead atoms. The number of carbonyl (C=O) groups excluding carboxylic acids is 2. The summed E-state index contributed by atoms with van der Waals surface area (Å²) >= 11 is 17.8. The SMILES string of the molecule is CC(=O)OCC1OC(OC(=N)C(Cl)(Cl)Cl)C(NC(=O)OCc2ccccc2)[C@@H](C)[C@@H]1O[C@@H]1OC(C)[C@@H](C)[C@@H](OCc2ccccc2)C1C. The molecule has 11 nitrogen and oxygen atoms in total. The van der Waals surface area contributed by atoms with Gasteiger partial charge in [-0.3, -0.25) is 10.2 Å². The van der Waals surface area contributed by atoms with Crippen LogP contribution in [0, 0.1) is 23.2 Å². The predicted octanol–water partition coefficient (Wildman–Crippen LogP) is 6.56. The van der Waals surface area contributed by atoms with E-state index in [0.717, 1.165) is 11.1 Å². The zero-order valence-corrected chi connectivity index (χ0v) is 29.7. The minimum Gasteiger partial charge on any atom is -0.463 e. The Morgan fingerprint density at radius 3 is 2.00 bits per heavy atom. The Kier molecular flexibility index (Phi) is 13.8. The molecule has 2 aromatic rings. The van der Waals surface area contributed by atoms with E-state index >= 15 is 0 Å². The lowest BCUT2D eigenvalue weighted by molar-refractivity contribution is -0.320. The van der Waals surface area contributed by atoms with E-state index in [1.54, 1.807) is 6.92 Å². The highest BCUT2D eigenvalue weighted by Crippen LogP contribution is 2.38. The molecular weight excluding hydrogens is 687 g/mol. The van der Waals surface area contributed by atoms with Gasteiger partial charge >= 0.3 is 12.1 Å². The molecule has 2 aliphatic rings. The zero-order chi connectivity index (χ0) is 35.0. The Morgan fingerprint density at radius 2 is 1.42 bits per heavy atom. The van der Waals surface area contributed by atoms with Crippen molar-refractivity contribution in [2.75, 3.05) is 6.61 Å². The van der Waals surface area contributed by atoms with E-state index in [9.17, 15) is 9.59 Å². The first kappa shape index (κ1) is 38.2. The highest BCUT2D eigenvalue weighted by Gasteiger charge is 2.51. The number of ether oxygens (including phenoxy) is 7. The number of esters is 1. The Hall–Kier alpha value is -2.64. The number of alkyl halides is 3. The van der Waals surface area contributed by atoms with Gasteiger partial charge in [0.1, 0.15) is 19.3 Å².